The molecular weight excluding hydrogens is 221 g/mol. The van der Waals surface area contributed by atoms with E-state index in [9.17, 15) is 18.0 Å². The average molecular weight is 230 g/mol. The van der Waals surface area contributed by atoms with Gasteiger partial charge in [0.05, 0.1) is 11.6 Å². The number of amides is 1. The third-order valence-electron chi connectivity index (χ3n) is 2.40. The van der Waals surface area contributed by atoms with Crippen molar-refractivity contribution < 1.29 is 18.0 Å². The van der Waals surface area contributed by atoms with Crippen LogP contribution in [0.15, 0.2) is 12.1 Å². The van der Waals surface area contributed by atoms with Crippen molar-refractivity contribution in [3.8, 4) is 0 Å². The summed E-state index contributed by atoms with van der Waals surface area (Å²) in [7, 11) is 0. The van der Waals surface area contributed by atoms with Crippen LogP contribution in [0.4, 0.5) is 13.2 Å². The maximum absolute atomic E-state index is 13.2. The van der Waals surface area contributed by atoms with E-state index in [1.807, 2.05) is 0 Å². The molecule has 1 saturated heterocycles. The number of carbonyl (C=O) groups excluding carboxylic acids is 1. The smallest absolute Gasteiger partial charge is 0.254 e. The molecule has 1 aliphatic rings. The molecule has 16 heavy (non-hydrogen) atoms. The van der Waals surface area contributed by atoms with Gasteiger partial charge in [0.1, 0.15) is 0 Å². The van der Waals surface area contributed by atoms with Gasteiger partial charge in [-0.3, -0.25) is 4.79 Å². The number of hydrogen-bond acceptors (Lipinski definition) is 2. The highest BCUT2D eigenvalue weighted by molar-refractivity contribution is 5.94. The first-order valence-electron chi connectivity index (χ1n) is 4.74. The zero-order valence-corrected chi connectivity index (χ0v) is 8.19. The molecule has 0 spiro atoms. The van der Waals surface area contributed by atoms with Crippen LogP contribution in [0.3, 0.4) is 0 Å². The second-order valence-corrected chi connectivity index (χ2v) is 3.55. The molecule has 6 heteroatoms. The quantitative estimate of drug-likeness (QED) is 0.738. The minimum atomic E-state index is -1.63. The summed E-state index contributed by atoms with van der Waals surface area (Å²) >= 11 is 0. The zero-order valence-electron chi connectivity index (χ0n) is 8.19. The topological polar surface area (TPSA) is 41.1 Å². The molecule has 1 aromatic carbocycles. The van der Waals surface area contributed by atoms with Gasteiger partial charge in [0.25, 0.3) is 5.91 Å². The first-order chi connectivity index (χ1) is 7.59. The van der Waals surface area contributed by atoms with Crippen LogP contribution in [-0.4, -0.2) is 25.0 Å². The van der Waals surface area contributed by atoms with E-state index in [1.54, 1.807) is 0 Å². The highest BCUT2D eigenvalue weighted by Crippen LogP contribution is 2.15. The predicted octanol–water partition coefficient (Wildman–Crippen LogP) is 0.805. The maximum Gasteiger partial charge on any atom is 0.254 e. The first kappa shape index (κ1) is 10.9. The molecule has 0 saturated carbocycles. The molecule has 1 aliphatic heterocycles. The van der Waals surface area contributed by atoms with Gasteiger partial charge in [-0.15, -0.1) is 0 Å². The lowest BCUT2D eigenvalue weighted by atomic mass is 10.1. The molecule has 0 aromatic heterocycles. The second-order valence-electron chi connectivity index (χ2n) is 3.55. The van der Waals surface area contributed by atoms with Crippen molar-refractivity contribution in [1.82, 2.24) is 10.6 Å². The molecule has 0 bridgehead atoms. The van der Waals surface area contributed by atoms with Gasteiger partial charge in [0, 0.05) is 13.1 Å². The van der Waals surface area contributed by atoms with E-state index < -0.39 is 28.9 Å². The Balaban J connectivity index is 2.19. The molecule has 0 atom stereocenters. The third-order valence-corrected chi connectivity index (χ3v) is 2.40. The average Bonchev–Trinajstić information content (AvgIpc) is 2.20. The van der Waals surface area contributed by atoms with E-state index >= 15 is 0 Å². The molecular formula is C10H9F3N2O. The van der Waals surface area contributed by atoms with Crippen LogP contribution >= 0.6 is 0 Å². The van der Waals surface area contributed by atoms with Crippen molar-refractivity contribution in [3.05, 3.63) is 35.1 Å². The van der Waals surface area contributed by atoms with Crippen LogP contribution in [0.5, 0.6) is 0 Å². The fourth-order valence-electron chi connectivity index (χ4n) is 1.36. The van der Waals surface area contributed by atoms with Crippen molar-refractivity contribution in [1.29, 1.82) is 0 Å². The molecule has 86 valence electrons. The van der Waals surface area contributed by atoms with E-state index in [-0.39, 0.29) is 6.04 Å². The zero-order chi connectivity index (χ0) is 11.7. The highest BCUT2D eigenvalue weighted by Gasteiger charge is 2.23. The third kappa shape index (κ3) is 1.88. The summed E-state index contributed by atoms with van der Waals surface area (Å²) in [5, 5.41) is 5.40. The Kier molecular flexibility index (Phi) is 2.82. The number of hydrogen-bond donors (Lipinski definition) is 2. The summed E-state index contributed by atoms with van der Waals surface area (Å²) in [4.78, 5) is 11.5. The Labute approximate surface area is 89.6 Å². The van der Waals surface area contributed by atoms with Gasteiger partial charge in [-0.25, -0.2) is 13.2 Å². The lowest BCUT2D eigenvalue weighted by molar-refractivity contribution is 0.0918. The Bertz CT molecular complexity index is 432. The molecule has 2 N–H and O–H groups in total. The van der Waals surface area contributed by atoms with E-state index in [4.69, 9.17) is 0 Å². The number of carbonyl (C=O) groups is 1. The van der Waals surface area contributed by atoms with Gasteiger partial charge in [-0.2, -0.15) is 0 Å². The van der Waals surface area contributed by atoms with E-state index in [2.05, 4.69) is 10.6 Å². The van der Waals surface area contributed by atoms with Crippen LogP contribution < -0.4 is 10.6 Å². The minimum Gasteiger partial charge on any atom is -0.347 e. The number of rotatable bonds is 2. The maximum atomic E-state index is 13.2. The lowest BCUT2D eigenvalue weighted by Gasteiger charge is -2.27. The summed E-state index contributed by atoms with van der Waals surface area (Å²) in [6.07, 6.45) is 0. The Morgan fingerprint density at radius 2 is 1.94 bits per heavy atom. The molecule has 1 amide bonds. The summed E-state index contributed by atoms with van der Waals surface area (Å²) < 4.78 is 38.6. The van der Waals surface area contributed by atoms with Crippen molar-refractivity contribution in [3.63, 3.8) is 0 Å². The molecule has 1 fully saturated rings. The van der Waals surface area contributed by atoms with Gasteiger partial charge in [-0.1, -0.05) is 0 Å². The van der Waals surface area contributed by atoms with Crippen molar-refractivity contribution in [2.24, 2.45) is 0 Å². The van der Waals surface area contributed by atoms with Crippen LogP contribution in [0.25, 0.3) is 0 Å². The Morgan fingerprint density at radius 3 is 2.50 bits per heavy atom. The summed E-state index contributed by atoms with van der Waals surface area (Å²) in [6.45, 7) is 1.19. The number of halogens is 3. The normalized spacial score (nSPS) is 15.7. The standard InChI is InChI=1S/C10H9F3N2O/c11-7-2-1-6(8(12)9(7)13)10(16)15-5-3-14-4-5/h1-2,5,14H,3-4H2,(H,15,16). The van der Waals surface area contributed by atoms with E-state index in [0.29, 0.717) is 13.1 Å². The van der Waals surface area contributed by atoms with Crippen LogP contribution in [-0.2, 0) is 0 Å². The molecule has 3 nitrogen and oxygen atoms in total. The SMILES string of the molecule is O=C(NC1CNC1)c1ccc(F)c(F)c1F. The van der Waals surface area contributed by atoms with Crippen molar-refractivity contribution >= 4 is 5.91 Å². The fraction of sp³-hybridized carbons (Fsp3) is 0.300. The molecule has 0 radical (unpaired) electrons. The molecule has 0 aliphatic carbocycles. The van der Waals surface area contributed by atoms with Gasteiger partial charge >= 0.3 is 0 Å². The Morgan fingerprint density at radius 1 is 1.25 bits per heavy atom. The largest absolute Gasteiger partial charge is 0.347 e. The van der Waals surface area contributed by atoms with Gasteiger partial charge in [0.2, 0.25) is 0 Å². The van der Waals surface area contributed by atoms with Crippen molar-refractivity contribution in [2.45, 2.75) is 6.04 Å². The molecule has 1 aromatic rings. The van der Waals surface area contributed by atoms with Crippen LogP contribution in [0, 0.1) is 17.5 Å². The molecule has 2 rings (SSSR count). The molecule has 1 heterocycles. The van der Waals surface area contributed by atoms with Gasteiger partial charge in [-0.05, 0) is 12.1 Å². The molecule has 0 unspecified atom stereocenters. The monoisotopic (exact) mass is 230 g/mol. The second kappa shape index (κ2) is 4.13. The highest BCUT2D eigenvalue weighted by atomic mass is 19.2. The summed E-state index contributed by atoms with van der Waals surface area (Å²) in [5.41, 5.74) is -0.481. The van der Waals surface area contributed by atoms with E-state index in [1.165, 1.54) is 0 Å². The fourth-order valence-corrected chi connectivity index (χ4v) is 1.36. The summed E-state index contributed by atoms with van der Waals surface area (Å²) in [6, 6.07) is 1.57. The minimum absolute atomic E-state index is 0.0833. The van der Waals surface area contributed by atoms with Gasteiger partial charge < -0.3 is 10.6 Å². The predicted molar refractivity (Wildman–Crippen MR) is 50.4 cm³/mol. The number of nitrogens with one attached hydrogen (secondary N) is 2. The van der Waals surface area contributed by atoms with E-state index in [0.717, 1.165) is 12.1 Å². The Hall–Kier alpha value is -1.56. The number of benzene rings is 1. The van der Waals surface area contributed by atoms with Gasteiger partial charge in [0.15, 0.2) is 17.5 Å². The first-order valence-corrected chi connectivity index (χ1v) is 4.74. The summed E-state index contributed by atoms with van der Waals surface area (Å²) in [5.74, 6) is -5.12. The van der Waals surface area contributed by atoms with Crippen LogP contribution in [0.2, 0.25) is 0 Å². The van der Waals surface area contributed by atoms with Crippen molar-refractivity contribution in [2.75, 3.05) is 13.1 Å². The lowest BCUT2D eigenvalue weighted by Crippen LogP contribution is -2.57. The van der Waals surface area contributed by atoms with Crippen LogP contribution in [0.1, 0.15) is 10.4 Å².